The molecule has 0 saturated carbocycles. The largest absolute Gasteiger partial charge is 0.354 e. The number of benzene rings is 1. The average molecular weight is 344 g/mol. The zero-order valence-corrected chi connectivity index (χ0v) is 14.8. The maximum atomic E-state index is 12.4. The summed E-state index contributed by atoms with van der Waals surface area (Å²) in [6, 6.07) is 10.2. The number of nitrogens with zero attached hydrogens (tertiary/aromatic N) is 3. The van der Waals surface area contributed by atoms with Crippen molar-refractivity contribution >= 4 is 22.4 Å². The third-order valence-corrected chi connectivity index (χ3v) is 5.32. The van der Waals surface area contributed by atoms with Crippen LogP contribution < -0.4 is 10.2 Å². The van der Waals surface area contributed by atoms with Gasteiger partial charge in [0.2, 0.25) is 5.91 Å². The van der Waals surface area contributed by atoms with Crippen molar-refractivity contribution in [3.05, 3.63) is 47.5 Å². The van der Waals surface area contributed by atoms with E-state index in [0.29, 0.717) is 6.54 Å². The molecule has 1 N–H and O–H groups in total. The molecule has 1 unspecified atom stereocenters. The van der Waals surface area contributed by atoms with Crippen LogP contribution in [0.3, 0.4) is 0 Å². The Bertz CT molecular complexity index is 624. The molecule has 0 aliphatic carbocycles. The van der Waals surface area contributed by atoms with Gasteiger partial charge in [0, 0.05) is 44.3 Å². The lowest BCUT2D eigenvalue weighted by atomic mass is 10.1. The van der Waals surface area contributed by atoms with Crippen LogP contribution in [-0.2, 0) is 11.2 Å². The van der Waals surface area contributed by atoms with E-state index in [9.17, 15) is 4.79 Å². The molecule has 1 aliphatic rings. The van der Waals surface area contributed by atoms with E-state index in [1.54, 1.807) is 11.3 Å². The Kier molecular flexibility index (Phi) is 5.82. The molecule has 128 valence electrons. The van der Waals surface area contributed by atoms with E-state index in [2.05, 4.69) is 32.2 Å². The number of nitrogens with one attached hydrogen (secondary N) is 1. The molecular formula is C18H24N4OS. The summed E-state index contributed by atoms with van der Waals surface area (Å²) in [6.45, 7) is 6.33. The molecule has 6 heteroatoms. The predicted molar refractivity (Wildman–Crippen MR) is 98.5 cm³/mol. The van der Waals surface area contributed by atoms with Gasteiger partial charge in [-0.3, -0.25) is 9.69 Å². The standard InChI is InChI=1S/C18H24N4OS/c1-15(17(23)19-8-7-16-5-3-2-4-6-16)21-10-12-22(13-11-21)18-20-9-14-24-18/h2-6,9,14-15H,7-8,10-13H2,1H3,(H,19,23). The van der Waals surface area contributed by atoms with Crippen LogP contribution >= 0.6 is 11.3 Å². The van der Waals surface area contributed by atoms with E-state index in [1.807, 2.05) is 36.7 Å². The topological polar surface area (TPSA) is 48.5 Å². The van der Waals surface area contributed by atoms with Crippen LogP contribution in [0.1, 0.15) is 12.5 Å². The normalized spacial score (nSPS) is 16.8. The lowest BCUT2D eigenvalue weighted by molar-refractivity contribution is -0.125. The Morgan fingerprint density at radius 3 is 2.67 bits per heavy atom. The number of hydrogen-bond donors (Lipinski definition) is 1. The zero-order valence-electron chi connectivity index (χ0n) is 14.0. The summed E-state index contributed by atoms with van der Waals surface area (Å²) in [6.07, 6.45) is 2.71. The minimum absolute atomic E-state index is 0.0841. The molecule has 2 heterocycles. The first-order valence-corrected chi connectivity index (χ1v) is 9.32. The van der Waals surface area contributed by atoms with Gasteiger partial charge < -0.3 is 10.2 Å². The summed E-state index contributed by atoms with van der Waals surface area (Å²) in [5.74, 6) is 0.119. The van der Waals surface area contributed by atoms with E-state index in [-0.39, 0.29) is 11.9 Å². The lowest BCUT2D eigenvalue weighted by Crippen LogP contribution is -2.54. The molecule has 0 radical (unpaired) electrons. The van der Waals surface area contributed by atoms with Crippen LogP contribution in [0.4, 0.5) is 5.13 Å². The number of carbonyl (C=O) groups is 1. The second-order valence-corrected chi connectivity index (χ2v) is 6.91. The smallest absolute Gasteiger partial charge is 0.237 e. The van der Waals surface area contributed by atoms with Crippen molar-refractivity contribution in [2.45, 2.75) is 19.4 Å². The molecule has 1 atom stereocenters. The second kappa shape index (κ2) is 8.26. The molecule has 1 aliphatic heterocycles. The van der Waals surface area contributed by atoms with Gasteiger partial charge in [-0.05, 0) is 18.9 Å². The molecule has 3 rings (SSSR count). The third-order valence-electron chi connectivity index (χ3n) is 4.49. The maximum Gasteiger partial charge on any atom is 0.237 e. The maximum absolute atomic E-state index is 12.4. The number of rotatable bonds is 6. The van der Waals surface area contributed by atoms with E-state index in [1.165, 1.54) is 5.56 Å². The van der Waals surface area contributed by atoms with E-state index in [0.717, 1.165) is 37.7 Å². The van der Waals surface area contributed by atoms with Crippen molar-refractivity contribution in [1.82, 2.24) is 15.2 Å². The van der Waals surface area contributed by atoms with Gasteiger partial charge in [-0.2, -0.15) is 0 Å². The van der Waals surface area contributed by atoms with E-state index < -0.39 is 0 Å². The van der Waals surface area contributed by atoms with Crippen molar-refractivity contribution in [3.63, 3.8) is 0 Å². The highest BCUT2D eigenvalue weighted by molar-refractivity contribution is 7.13. The van der Waals surface area contributed by atoms with Crippen LogP contribution in [0.2, 0.25) is 0 Å². The van der Waals surface area contributed by atoms with Gasteiger partial charge in [0.05, 0.1) is 6.04 Å². The zero-order chi connectivity index (χ0) is 16.8. The molecule has 2 aromatic rings. The fraction of sp³-hybridized carbons (Fsp3) is 0.444. The van der Waals surface area contributed by atoms with Crippen LogP contribution in [0.5, 0.6) is 0 Å². The van der Waals surface area contributed by atoms with Crippen LogP contribution in [0, 0.1) is 0 Å². The summed E-state index contributed by atoms with van der Waals surface area (Å²) in [4.78, 5) is 21.3. The van der Waals surface area contributed by atoms with Gasteiger partial charge in [0.1, 0.15) is 0 Å². The van der Waals surface area contributed by atoms with E-state index >= 15 is 0 Å². The van der Waals surface area contributed by atoms with Crippen molar-refractivity contribution in [2.75, 3.05) is 37.6 Å². The highest BCUT2D eigenvalue weighted by Crippen LogP contribution is 2.19. The van der Waals surface area contributed by atoms with Crippen molar-refractivity contribution in [1.29, 1.82) is 0 Å². The Hall–Kier alpha value is -1.92. The molecule has 1 aromatic carbocycles. The fourth-order valence-corrected chi connectivity index (χ4v) is 3.66. The summed E-state index contributed by atoms with van der Waals surface area (Å²) >= 11 is 1.67. The number of thiazole rings is 1. The molecular weight excluding hydrogens is 320 g/mol. The van der Waals surface area contributed by atoms with Gasteiger partial charge >= 0.3 is 0 Å². The number of hydrogen-bond acceptors (Lipinski definition) is 5. The van der Waals surface area contributed by atoms with Gasteiger partial charge in [-0.1, -0.05) is 30.3 Å². The summed E-state index contributed by atoms with van der Waals surface area (Å²) < 4.78 is 0. The Morgan fingerprint density at radius 1 is 1.25 bits per heavy atom. The molecule has 0 bridgehead atoms. The first kappa shape index (κ1) is 16.9. The van der Waals surface area contributed by atoms with Crippen molar-refractivity contribution in [3.8, 4) is 0 Å². The summed E-state index contributed by atoms with van der Waals surface area (Å²) in [5, 5.41) is 6.15. The highest BCUT2D eigenvalue weighted by atomic mass is 32.1. The molecule has 1 amide bonds. The molecule has 1 fully saturated rings. The quantitative estimate of drug-likeness (QED) is 0.871. The number of aromatic nitrogens is 1. The number of anilines is 1. The average Bonchev–Trinajstić information content (AvgIpc) is 3.17. The second-order valence-electron chi connectivity index (χ2n) is 6.04. The number of amides is 1. The first-order chi connectivity index (χ1) is 11.7. The molecule has 24 heavy (non-hydrogen) atoms. The number of carbonyl (C=O) groups excluding carboxylic acids is 1. The Labute approximate surface area is 147 Å². The Balaban J connectivity index is 1.41. The number of piperazine rings is 1. The molecule has 5 nitrogen and oxygen atoms in total. The van der Waals surface area contributed by atoms with Gasteiger partial charge in [-0.15, -0.1) is 11.3 Å². The molecule has 1 saturated heterocycles. The van der Waals surface area contributed by atoms with Crippen LogP contribution in [-0.4, -0.2) is 54.6 Å². The first-order valence-electron chi connectivity index (χ1n) is 8.44. The monoisotopic (exact) mass is 344 g/mol. The minimum Gasteiger partial charge on any atom is -0.354 e. The molecule has 0 spiro atoms. The molecule has 1 aromatic heterocycles. The van der Waals surface area contributed by atoms with Crippen LogP contribution in [0.25, 0.3) is 0 Å². The van der Waals surface area contributed by atoms with Crippen LogP contribution in [0.15, 0.2) is 41.9 Å². The van der Waals surface area contributed by atoms with Gasteiger partial charge in [-0.25, -0.2) is 4.98 Å². The third kappa shape index (κ3) is 4.33. The van der Waals surface area contributed by atoms with Crippen molar-refractivity contribution < 1.29 is 4.79 Å². The fourth-order valence-electron chi connectivity index (χ4n) is 2.96. The van der Waals surface area contributed by atoms with Gasteiger partial charge in [0.15, 0.2) is 5.13 Å². The van der Waals surface area contributed by atoms with E-state index in [4.69, 9.17) is 0 Å². The SMILES string of the molecule is CC(C(=O)NCCc1ccccc1)N1CCN(c2nccs2)CC1. The minimum atomic E-state index is -0.0841. The van der Waals surface area contributed by atoms with Gasteiger partial charge in [0.25, 0.3) is 0 Å². The predicted octanol–water partition coefficient (Wildman–Crippen LogP) is 2.01. The summed E-state index contributed by atoms with van der Waals surface area (Å²) in [5.41, 5.74) is 1.25. The highest BCUT2D eigenvalue weighted by Gasteiger charge is 2.26. The summed E-state index contributed by atoms with van der Waals surface area (Å²) in [7, 11) is 0. The van der Waals surface area contributed by atoms with Crippen molar-refractivity contribution in [2.24, 2.45) is 0 Å². The Morgan fingerprint density at radius 2 is 2.00 bits per heavy atom. The lowest BCUT2D eigenvalue weighted by Gasteiger charge is -2.37.